The number of nitrogens with zero attached hydrogens (tertiary/aromatic N) is 2. The number of rotatable bonds is 3. The van der Waals surface area contributed by atoms with Crippen LogP contribution in [0.25, 0.3) is 0 Å². The van der Waals surface area contributed by atoms with Crippen molar-refractivity contribution in [1.29, 1.82) is 0 Å². The van der Waals surface area contributed by atoms with Gasteiger partial charge < -0.3 is 10.4 Å². The maximum atomic E-state index is 10.6. The number of carboxylic acid groups (broad SMARTS) is 1. The van der Waals surface area contributed by atoms with Crippen LogP contribution in [0.2, 0.25) is 0 Å². The number of carboxylic acids is 1. The molecule has 1 aromatic rings. The van der Waals surface area contributed by atoms with Gasteiger partial charge in [0.15, 0.2) is 0 Å². The van der Waals surface area contributed by atoms with Gasteiger partial charge in [-0.15, -0.1) is 12.4 Å². The predicted octanol–water partition coefficient (Wildman–Crippen LogP) is 0.805. The van der Waals surface area contributed by atoms with Gasteiger partial charge in [-0.3, -0.25) is 0 Å². The van der Waals surface area contributed by atoms with E-state index in [9.17, 15) is 4.79 Å². The van der Waals surface area contributed by atoms with E-state index >= 15 is 0 Å². The van der Waals surface area contributed by atoms with E-state index in [0.29, 0.717) is 5.82 Å². The van der Waals surface area contributed by atoms with Crippen LogP contribution in [0.4, 0.5) is 0 Å². The lowest BCUT2D eigenvalue weighted by atomic mass is 10.2. The van der Waals surface area contributed by atoms with Crippen molar-refractivity contribution in [2.45, 2.75) is 18.4 Å². The molecule has 82 valence electrons. The highest BCUT2D eigenvalue weighted by atomic mass is 35.5. The van der Waals surface area contributed by atoms with Gasteiger partial charge in [0.1, 0.15) is 5.82 Å². The summed E-state index contributed by atoms with van der Waals surface area (Å²) in [5.74, 6) is -0.309. The molecule has 1 heterocycles. The van der Waals surface area contributed by atoms with E-state index in [0.717, 1.165) is 12.8 Å². The Morgan fingerprint density at radius 3 is 2.33 bits per heavy atom. The van der Waals surface area contributed by atoms with Crippen LogP contribution in [0.1, 0.15) is 29.0 Å². The highest BCUT2D eigenvalue weighted by Gasteiger charge is 2.45. The van der Waals surface area contributed by atoms with Crippen molar-refractivity contribution in [2.24, 2.45) is 0 Å². The van der Waals surface area contributed by atoms with Crippen molar-refractivity contribution in [3.63, 3.8) is 0 Å². The van der Waals surface area contributed by atoms with Gasteiger partial charge >= 0.3 is 5.97 Å². The molecule has 6 heteroatoms. The van der Waals surface area contributed by atoms with E-state index in [1.807, 2.05) is 7.05 Å². The van der Waals surface area contributed by atoms with Crippen LogP contribution < -0.4 is 5.32 Å². The summed E-state index contributed by atoms with van der Waals surface area (Å²) in [5.41, 5.74) is 0.0254. The fraction of sp³-hybridized carbons (Fsp3) is 0.444. The fourth-order valence-corrected chi connectivity index (χ4v) is 1.40. The Morgan fingerprint density at radius 1 is 1.47 bits per heavy atom. The molecule has 1 aliphatic carbocycles. The molecule has 0 unspecified atom stereocenters. The summed E-state index contributed by atoms with van der Waals surface area (Å²) in [6.07, 6.45) is 4.72. The number of aromatic carboxylic acids is 1. The monoisotopic (exact) mass is 229 g/mol. The molecule has 1 aliphatic rings. The van der Waals surface area contributed by atoms with Gasteiger partial charge in [-0.05, 0) is 19.9 Å². The second-order valence-electron chi connectivity index (χ2n) is 3.43. The number of hydrogen-bond acceptors (Lipinski definition) is 4. The number of aromatic nitrogens is 2. The molecular weight excluding hydrogens is 218 g/mol. The lowest BCUT2D eigenvalue weighted by molar-refractivity contribution is 0.0696. The molecule has 2 rings (SSSR count). The Morgan fingerprint density at radius 2 is 2.00 bits per heavy atom. The van der Waals surface area contributed by atoms with E-state index in [2.05, 4.69) is 15.3 Å². The van der Waals surface area contributed by atoms with Crippen LogP contribution in [0.3, 0.4) is 0 Å². The quantitative estimate of drug-likeness (QED) is 0.802. The van der Waals surface area contributed by atoms with Gasteiger partial charge in [-0.2, -0.15) is 0 Å². The first-order valence-electron chi connectivity index (χ1n) is 4.43. The Kier molecular flexibility index (Phi) is 3.26. The second kappa shape index (κ2) is 4.12. The van der Waals surface area contributed by atoms with E-state index in [4.69, 9.17) is 5.11 Å². The molecule has 1 aromatic heterocycles. The first-order valence-corrected chi connectivity index (χ1v) is 4.43. The summed E-state index contributed by atoms with van der Waals surface area (Å²) < 4.78 is 0. The molecule has 1 saturated carbocycles. The van der Waals surface area contributed by atoms with Gasteiger partial charge in [0.2, 0.25) is 0 Å². The van der Waals surface area contributed by atoms with Crippen molar-refractivity contribution in [3.05, 3.63) is 23.8 Å². The number of halogens is 1. The summed E-state index contributed by atoms with van der Waals surface area (Å²) >= 11 is 0. The van der Waals surface area contributed by atoms with E-state index < -0.39 is 5.97 Å². The van der Waals surface area contributed by atoms with Crippen LogP contribution in [-0.4, -0.2) is 28.1 Å². The minimum absolute atomic E-state index is 0. The largest absolute Gasteiger partial charge is 0.478 e. The molecular formula is C9H12ClN3O2. The van der Waals surface area contributed by atoms with Gasteiger partial charge in [-0.1, -0.05) is 0 Å². The minimum atomic E-state index is -0.995. The molecule has 2 N–H and O–H groups in total. The Balaban J connectivity index is 0.00000112. The van der Waals surface area contributed by atoms with Gasteiger partial charge in [-0.25, -0.2) is 14.8 Å². The summed E-state index contributed by atoms with van der Waals surface area (Å²) in [4.78, 5) is 18.7. The van der Waals surface area contributed by atoms with Crippen LogP contribution in [0.5, 0.6) is 0 Å². The first kappa shape index (κ1) is 11.9. The lowest BCUT2D eigenvalue weighted by Crippen LogP contribution is -2.27. The lowest BCUT2D eigenvalue weighted by Gasteiger charge is -2.11. The van der Waals surface area contributed by atoms with Gasteiger partial charge in [0.25, 0.3) is 0 Å². The Bertz CT molecular complexity index is 362. The minimum Gasteiger partial charge on any atom is -0.478 e. The van der Waals surface area contributed by atoms with Crippen molar-refractivity contribution in [1.82, 2.24) is 15.3 Å². The number of nitrogens with one attached hydrogen (secondary N) is 1. The number of carbonyl (C=O) groups is 1. The molecule has 0 atom stereocenters. The van der Waals surface area contributed by atoms with Gasteiger partial charge in [0.05, 0.1) is 11.1 Å². The average molecular weight is 230 g/mol. The summed E-state index contributed by atoms with van der Waals surface area (Å²) in [7, 11) is 1.86. The van der Waals surface area contributed by atoms with Crippen molar-refractivity contribution < 1.29 is 9.90 Å². The third-order valence-electron chi connectivity index (χ3n) is 2.56. The third kappa shape index (κ3) is 2.08. The molecule has 0 saturated heterocycles. The van der Waals surface area contributed by atoms with Crippen LogP contribution >= 0.6 is 12.4 Å². The van der Waals surface area contributed by atoms with Crippen molar-refractivity contribution >= 4 is 18.4 Å². The average Bonchev–Trinajstić information content (AvgIpc) is 2.99. The zero-order valence-electron chi connectivity index (χ0n) is 8.23. The predicted molar refractivity (Wildman–Crippen MR) is 56.2 cm³/mol. The summed E-state index contributed by atoms with van der Waals surface area (Å²) in [5, 5.41) is 11.8. The normalized spacial score (nSPS) is 16.6. The zero-order chi connectivity index (χ0) is 10.2. The third-order valence-corrected chi connectivity index (χ3v) is 2.56. The Labute approximate surface area is 93.3 Å². The van der Waals surface area contributed by atoms with E-state index in [1.165, 1.54) is 12.4 Å². The fourth-order valence-electron chi connectivity index (χ4n) is 1.40. The van der Waals surface area contributed by atoms with Crippen LogP contribution in [0, 0.1) is 0 Å². The first-order chi connectivity index (χ1) is 6.68. The van der Waals surface area contributed by atoms with Gasteiger partial charge in [0, 0.05) is 12.4 Å². The summed E-state index contributed by atoms with van der Waals surface area (Å²) in [6, 6.07) is 0. The van der Waals surface area contributed by atoms with E-state index in [1.54, 1.807) is 0 Å². The topological polar surface area (TPSA) is 75.1 Å². The highest BCUT2D eigenvalue weighted by molar-refractivity contribution is 5.86. The maximum absolute atomic E-state index is 10.6. The van der Waals surface area contributed by atoms with E-state index in [-0.39, 0.29) is 23.5 Å². The highest BCUT2D eigenvalue weighted by Crippen LogP contribution is 2.42. The molecule has 0 aromatic carbocycles. The Hall–Kier alpha value is -1.20. The molecule has 5 nitrogen and oxygen atoms in total. The molecule has 1 fully saturated rings. The number of hydrogen-bond donors (Lipinski definition) is 2. The molecule has 15 heavy (non-hydrogen) atoms. The standard InChI is InChI=1S/C9H11N3O2.ClH/c1-10-9(2-3-9)8-11-4-6(5-12-8)7(13)14;/h4-5,10H,2-3H2,1H3,(H,13,14);1H. The van der Waals surface area contributed by atoms with Crippen LogP contribution in [-0.2, 0) is 5.54 Å². The molecule has 0 aliphatic heterocycles. The van der Waals surface area contributed by atoms with Crippen molar-refractivity contribution in [3.8, 4) is 0 Å². The van der Waals surface area contributed by atoms with Crippen LogP contribution in [0.15, 0.2) is 12.4 Å². The molecule has 0 radical (unpaired) electrons. The molecule has 0 bridgehead atoms. The smallest absolute Gasteiger partial charge is 0.338 e. The zero-order valence-corrected chi connectivity index (χ0v) is 9.04. The van der Waals surface area contributed by atoms with Crippen molar-refractivity contribution in [2.75, 3.05) is 7.05 Å². The molecule has 0 amide bonds. The summed E-state index contributed by atoms with van der Waals surface area (Å²) in [6.45, 7) is 0. The maximum Gasteiger partial charge on any atom is 0.338 e. The molecule has 0 spiro atoms. The SMILES string of the molecule is CNC1(c2ncc(C(=O)O)cn2)CC1.Cl. The second-order valence-corrected chi connectivity index (χ2v) is 3.43.